The van der Waals surface area contributed by atoms with Crippen LogP contribution in [0.25, 0.3) is 0 Å². The van der Waals surface area contributed by atoms with E-state index in [9.17, 15) is 4.79 Å². The summed E-state index contributed by atoms with van der Waals surface area (Å²) in [4.78, 5) is 17.8. The molecular formula is C11H9ClN2O2. The molecule has 2 aromatic rings. The summed E-state index contributed by atoms with van der Waals surface area (Å²) in [6.07, 6.45) is 1.41. The Bertz CT molecular complexity index is 482. The molecular weight excluding hydrogens is 228 g/mol. The maximum Gasteiger partial charge on any atom is 0.358 e. The van der Waals surface area contributed by atoms with Crippen LogP contribution in [0.4, 0.5) is 0 Å². The summed E-state index contributed by atoms with van der Waals surface area (Å²) in [7, 11) is 0. The van der Waals surface area contributed by atoms with Crippen LogP contribution in [-0.2, 0) is 11.3 Å². The Balaban J connectivity index is 1.94. The topological polar surface area (TPSA) is 55.0 Å². The second-order valence-electron chi connectivity index (χ2n) is 3.14. The van der Waals surface area contributed by atoms with Crippen LogP contribution in [0.15, 0.2) is 36.5 Å². The van der Waals surface area contributed by atoms with Crippen LogP contribution < -0.4 is 0 Å². The molecule has 0 amide bonds. The maximum absolute atomic E-state index is 11.5. The number of nitrogens with zero attached hydrogens (tertiary/aromatic N) is 1. The molecule has 2 rings (SSSR count). The van der Waals surface area contributed by atoms with Crippen molar-refractivity contribution >= 4 is 17.6 Å². The van der Waals surface area contributed by atoms with Gasteiger partial charge < -0.3 is 9.72 Å². The highest BCUT2D eigenvalue weighted by molar-refractivity contribution is 6.28. The highest BCUT2D eigenvalue weighted by Gasteiger charge is 2.10. The van der Waals surface area contributed by atoms with E-state index in [2.05, 4.69) is 9.97 Å². The first-order valence-corrected chi connectivity index (χ1v) is 5.05. The van der Waals surface area contributed by atoms with E-state index in [-0.39, 0.29) is 17.6 Å². The van der Waals surface area contributed by atoms with Crippen LogP contribution in [0.1, 0.15) is 16.1 Å². The van der Waals surface area contributed by atoms with Crippen LogP contribution in [0.5, 0.6) is 0 Å². The predicted octanol–water partition coefficient (Wildman–Crippen LogP) is 2.42. The monoisotopic (exact) mass is 236 g/mol. The molecule has 0 aliphatic carbocycles. The summed E-state index contributed by atoms with van der Waals surface area (Å²) in [6, 6.07) is 9.43. The predicted molar refractivity (Wildman–Crippen MR) is 59.2 cm³/mol. The quantitative estimate of drug-likeness (QED) is 0.833. The standard InChI is InChI=1S/C11H9ClN2O2/c12-11-13-6-9(14-11)10(15)16-7-8-4-2-1-3-5-8/h1-6H,7H2,(H,13,14). The molecule has 0 saturated carbocycles. The largest absolute Gasteiger partial charge is 0.456 e. The fourth-order valence-corrected chi connectivity index (χ4v) is 1.35. The molecule has 0 spiro atoms. The first kappa shape index (κ1) is 10.7. The number of halogens is 1. The number of ether oxygens (including phenoxy) is 1. The summed E-state index contributed by atoms with van der Waals surface area (Å²) >= 11 is 5.55. The number of nitrogens with one attached hydrogen (secondary N) is 1. The summed E-state index contributed by atoms with van der Waals surface area (Å²) < 4.78 is 5.05. The summed E-state index contributed by atoms with van der Waals surface area (Å²) in [5, 5.41) is 0.173. The molecule has 1 aromatic heterocycles. The number of aromatic amines is 1. The van der Waals surface area contributed by atoms with Crippen LogP contribution in [0.2, 0.25) is 5.28 Å². The zero-order chi connectivity index (χ0) is 11.4. The second-order valence-corrected chi connectivity index (χ2v) is 3.50. The Morgan fingerprint density at radius 1 is 1.38 bits per heavy atom. The normalized spacial score (nSPS) is 10.1. The highest BCUT2D eigenvalue weighted by Crippen LogP contribution is 2.06. The van der Waals surface area contributed by atoms with E-state index in [0.29, 0.717) is 0 Å². The number of hydrogen-bond donors (Lipinski definition) is 1. The Morgan fingerprint density at radius 2 is 2.12 bits per heavy atom. The zero-order valence-corrected chi connectivity index (χ0v) is 9.07. The second kappa shape index (κ2) is 4.81. The molecule has 0 aliphatic heterocycles. The third-order valence-electron chi connectivity index (χ3n) is 1.97. The first-order chi connectivity index (χ1) is 7.75. The van der Waals surface area contributed by atoms with Gasteiger partial charge in [-0.3, -0.25) is 0 Å². The average molecular weight is 237 g/mol. The SMILES string of the molecule is O=C(OCc1ccccc1)c1c[nH]c(Cl)n1. The van der Waals surface area contributed by atoms with Gasteiger partial charge in [-0.05, 0) is 17.2 Å². The smallest absolute Gasteiger partial charge is 0.358 e. The van der Waals surface area contributed by atoms with Crippen LogP contribution in [0.3, 0.4) is 0 Å². The number of carbonyl (C=O) groups excluding carboxylic acids is 1. The third kappa shape index (κ3) is 2.61. The lowest BCUT2D eigenvalue weighted by Gasteiger charge is -2.02. The van der Waals surface area contributed by atoms with Crippen molar-refractivity contribution in [1.82, 2.24) is 9.97 Å². The molecule has 5 heteroatoms. The van der Waals surface area contributed by atoms with Gasteiger partial charge in [0.25, 0.3) is 0 Å². The molecule has 0 saturated heterocycles. The van der Waals surface area contributed by atoms with Gasteiger partial charge in [0.2, 0.25) is 5.28 Å². The van der Waals surface area contributed by atoms with Crippen LogP contribution in [0, 0.1) is 0 Å². The van der Waals surface area contributed by atoms with Crippen LogP contribution in [-0.4, -0.2) is 15.9 Å². The van der Waals surface area contributed by atoms with Crippen molar-refractivity contribution < 1.29 is 9.53 Å². The molecule has 0 unspecified atom stereocenters. The number of esters is 1. The van der Waals surface area contributed by atoms with Crippen molar-refractivity contribution in [2.24, 2.45) is 0 Å². The number of benzene rings is 1. The maximum atomic E-state index is 11.5. The lowest BCUT2D eigenvalue weighted by Crippen LogP contribution is -2.05. The molecule has 16 heavy (non-hydrogen) atoms. The molecule has 0 fully saturated rings. The average Bonchev–Trinajstić information content (AvgIpc) is 2.74. The lowest BCUT2D eigenvalue weighted by molar-refractivity contribution is 0.0466. The molecule has 82 valence electrons. The molecule has 1 heterocycles. The molecule has 0 aliphatic rings. The Kier molecular flexibility index (Phi) is 3.22. The number of aromatic nitrogens is 2. The molecule has 1 aromatic carbocycles. The van der Waals surface area contributed by atoms with Gasteiger partial charge in [0, 0.05) is 6.20 Å². The third-order valence-corrected chi connectivity index (χ3v) is 2.16. The number of H-pyrrole nitrogens is 1. The Labute approximate surface area is 97.2 Å². The molecule has 4 nitrogen and oxygen atoms in total. The van der Waals surface area contributed by atoms with Gasteiger partial charge in [-0.25, -0.2) is 9.78 Å². The van der Waals surface area contributed by atoms with E-state index in [1.807, 2.05) is 30.3 Å². The zero-order valence-electron chi connectivity index (χ0n) is 8.31. The summed E-state index contributed by atoms with van der Waals surface area (Å²) in [6.45, 7) is 0.226. The van der Waals surface area contributed by atoms with Gasteiger partial charge in [0.1, 0.15) is 6.61 Å². The lowest BCUT2D eigenvalue weighted by atomic mass is 10.2. The number of hydrogen-bond acceptors (Lipinski definition) is 3. The van der Waals surface area contributed by atoms with E-state index in [4.69, 9.17) is 16.3 Å². The highest BCUT2D eigenvalue weighted by atomic mass is 35.5. The number of imidazole rings is 1. The molecule has 0 bridgehead atoms. The van der Waals surface area contributed by atoms with E-state index < -0.39 is 5.97 Å². The number of rotatable bonds is 3. The summed E-state index contributed by atoms with van der Waals surface area (Å²) in [5.41, 5.74) is 1.11. The molecule has 0 atom stereocenters. The van der Waals surface area contributed by atoms with Gasteiger partial charge in [0.15, 0.2) is 5.69 Å². The minimum absolute atomic E-state index is 0.173. The first-order valence-electron chi connectivity index (χ1n) is 4.67. The minimum Gasteiger partial charge on any atom is -0.456 e. The Morgan fingerprint density at radius 3 is 2.75 bits per heavy atom. The van der Waals surface area contributed by atoms with Gasteiger partial charge >= 0.3 is 5.97 Å². The van der Waals surface area contributed by atoms with Gasteiger partial charge in [-0.2, -0.15) is 0 Å². The van der Waals surface area contributed by atoms with Gasteiger partial charge in [0.05, 0.1) is 0 Å². The fraction of sp³-hybridized carbons (Fsp3) is 0.0909. The van der Waals surface area contributed by atoms with Crippen LogP contribution >= 0.6 is 11.6 Å². The fourth-order valence-electron chi connectivity index (χ4n) is 1.20. The molecule has 1 N–H and O–H groups in total. The van der Waals surface area contributed by atoms with Crippen molar-refractivity contribution in [3.05, 3.63) is 53.1 Å². The van der Waals surface area contributed by atoms with E-state index in [0.717, 1.165) is 5.56 Å². The van der Waals surface area contributed by atoms with E-state index in [1.54, 1.807) is 0 Å². The Hall–Kier alpha value is -1.81. The van der Waals surface area contributed by atoms with Gasteiger partial charge in [-0.1, -0.05) is 30.3 Å². The van der Waals surface area contributed by atoms with E-state index in [1.165, 1.54) is 6.20 Å². The van der Waals surface area contributed by atoms with Crippen molar-refractivity contribution in [1.29, 1.82) is 0 Å². The van der Waals surface area contributed by atoms with Crippen molar-refractivity contribution in [3.63, 3.8) is 0 Å². The summed E-state index contributed by atoms with van der Waals surface area (Å²) in [5.74, 6) is -0.494. The van der Waals surface area contributed by atoms with Crippen molar-refractivity contribution in [2.75, 3.05) is 0 Å². The van der Waals surface area contributed by atoms with Gasteiger partial charge in [-0.15, -0.1) is 0 Å². The minimum atomic E-state index is -0.494. The van der Waals surface area contributed by atoms with Crippen molar-refractivity contribution in [2.45, 2.75) is 6.61 Å². The molecule has 0 radical (unpaired) electrons. The van der Waals surface area contributed by atoms with Crippen molar-refractivity contribution in [3.8, 4) is 0 Å². The van der Waals surface area contributed by atoms with E-state index >= 15 is 0 Å². The number of carbonyl (C=O) groups is 1.